The minimum atomic E-state index is 0.250. The largest absolute Gasteiger partial charge is 0.371 e. The Kier molecular flexibility index (Phi) is 2.79. The topological polar surface area (TPSA) is 22.1 Å². The second kappa shape index (κ2) is 4.28. The van der Waals surface area contributed by atoms with E-state index in [0.29, 0.717) is 0 Å². The zero-order chi connectivity index (χ0) is 11.0. The van der Waals surface area contributed by atoms with Crippen LogP contribution in [0.15, 0.2) is 17.5 Å². The van der Waals surface area contributed by atoms with Gasteiger partial charge in [-0.3, -0.25) is 0 Å². The number of rotatable bonds is 2. The molecule has 0 bridgehead atoms. The number of hydrogen-bond acceptors (Lipinski definition) is 4. The van der Waals surface area contributed by atoms with Gasteiger partial charge >= 0.3 is 0 Å². The van der Waals surface area contributed by atoms with E-state index in [1.807, 2.05) is 0 Å². The highest BCUT2D eigenvalue weighted by molar-refractivity contribution is 7.16. The predicted octanol–water partition coefficient (Wildman–Crippen LogP) is 4.03. The molecule has 0 N–H and O–H groups in total. The van der Waals surface area contributed by atoms with Crippen molar-refractivity contribution in [2.45, 2.75) is 25.9 Å². The lowest BCUT2D eigenvalue weighted by Gasteiger charge is -2.03. The van der Waals surface area contributed by atoms with Gasteiger partial charge in [0.1, 0.15) is 11.1 Å². The monoisotopic (exact) mass is 251 g/mol. The standard InChI is InChI=1S/C12H13NOS2/c1-8-4-5-11(16-8)9-7-15-12(13-9)10-3-2-6-14-10/h4-5,7,10H,2-3,6H2,1H3. The van der Waals surface area contributed by atoms with Gasteiger partial charge in [0.05, 0.1) is 10.6 Å². The molecule has 1 fully saturated rings. The third-order valence-electron chi connectivity index (χ3n) is 2.72. The molecule has 0 amide bonds. The summed E-state index contributed by atoms with van der Waals surface area (Å²) in [6.45, 7) is 3.01. The van der Waals surface area contributed by atoms with Gasteiger partial charge in [0.25, 0.3) is 0 Å². The van der Waals surface area contributed by atoms with E-state index in [4.69, 9.17) is 4.74 Å². The summed E-state index contributed by atoms with van der Waals surface area (Å²) in [4.78, 5) is 7.28. The van der Waals surface area contributed by atoms with Crippen molar-refractivity contribution in [3.05, 3.63) is 27.4 Å². The Balaban J connectivity index is 1.87. The fraction of sp³-hybridized carbons (Fsp3) is 0.417. The zero-order valence-corrected chi connectivity index (χ0v) is 10.7. The lowest BCUT2D eigenvalue weighted by molar-refractivity contribution is 0.112. The molecule has 2 nitrogen and oxygen atoms in total. The maximum Gasteiger partial charge on any atom is 0.122 e. The zero-order valence-electron chi connectivity index (χ0n) is 9.10. The van der Waals surface area contributed by atoms with Crippen molar-refractivity contribution < 1.29 is 4.74 Å². The minimum absolute atomic E-state index is 0.250. The summed E-state index contributed by atoms with van der Waals surface area (Å²) >= 11 is 3.52. The van der Waals surface area contributed by atoms with Crippen LogP contribution in [0.3, 0.4) is 0 Å². The van der Waals surface area contributed by atoms with Gasteiger partial charge in [0, 0.05) is 16.9 Å². The fourth-order valence-corrected chi connectivity index (χ4v) is 3.70. The van der Waals surface area contributed by atoms with Gasteiger partial charge in [-0.05, 0) is 31.9 Å². The van der Waals surface area contributed by atoms with Crippen LogP contribution in [0.1, 0.15) is 28.8 Å². The van der Waals surface area contributed by atoms with Crippen LogP contribution in [0.25, 0.3) is 10.6 Å². The maximum absolute atomic E-state index is 5.64. The Morgan fingerprint density at radius 2 is 2.38 bits per heavy atom. The first-order chi connectivity index (χ1) is 7.83. The van der Waals surface area contributed by atoms with Crippen molar-refractivity contribution in [1.29, 1.82) is 0 Å². The number of aromatic nitrogens is 1. The average Bonchev–Trinajstić information content (AvgIpc) is 2.97. The van der Waals surface area contributed by atoms with Crippen molar-refractivity contribution in [1.82, 2.24) is 4.98 Å². The lowest BCUT2D eigenvalue weighted by atomic mass is 10.2. The summed E-state index contributed by atoms with van der Waals surface area (Å²) in [5, 5.41) is 3.28. The normalized spacial score (nSPS) is 20.4. The van der Waals surface area contributed by atoms with E-state index in [0.717, 1.165) is 30.2 Å². The summed E-state index contributed by atoms with van der Waals surface area (Å²) in [6, 6.07) is 4.29. The molecule has 0 radical (unpaired) electrons. The van der Waals surface area contributed by atoms with Gasteiger partial charge in [-0.1, -0.05) is 0 Å². The highest BCUT2D eigenvalue weighted by atomic mass is 32.1. The first-order valence-electron chi connectivity index (χ1n) is 5.47. The van der Waals surface area contributed by atoms with Gasteiger partial charge < -0.3 is 4.74 Å². The smallest absolute Gasteiger partial charge is 0.122 e. The first kappa shape index (κ1) is 10.4. The van der Waals surface area contributed by atoms with Gasteiger partial charge in [0.2, 0.25) is 0 Å². The van der Waals surface area contributed by atoms with Crippen molar-refractivity contribution in [3.63, 3.8) is 0 Å². The van der Waals surface area contributed by atoms with Crippen LogP contribution in [-0.4, -0.2) is 11.6 Å². The van der Waals surface area contributed by atoms with Crippen LogP contribution in [-0.2, 0) is 4.74 Å². The maximum atomic E-state index is 5.64. The number of thiophene rings is 1. The van der Waals surface area contributed by atoms with Crippen LogP contribution in [0.4, 0.5) is 0 Å². The molecular weight excluding hydrogens is 238 g/mol. The molecule has 1 unspecified atom stereocenters. The molecule has 4 heteroatoms. The van der Waals surface area contributed by atoms with E-state index in [1.54, 1.807) is 22.7 Å². The van der Waals surface area contributed by atoms with Crippen LogP contribution in [0.2, 0.25) is 0 Å². The van der Waals surface area contributed by atoms with E-state index in [-0.39, 0.29) is 6.10 Å². The van der Waals surface area contributed by atoms with Gasteiger partial charge in [-0.15, -0.1) is 22.7 Å². The molecule has 0 spiro atoms. The van der Waals surface area contributed by atoms with E-state index in [9.17, 15) is 0 Å². The lowest BCUT2D eigenvalue weighted by Crippen LogP contribution is -1.94. The van der Waals surface area contributed by atoms with Crippen molar-refractivity contribution in [2.75, 3.05) is 6.61 Å². The van der Waals surface area contributed by atoms with Crippen molar-refractivity contribution in [3.8, 4) is 10.6 Å². The Hall–Kier alpha value is -0.710. The minimum Gasteiger partial charge on any atom is -0.371 e. The van der Waals surface area contributed by atoms with Crippen LogP contribution < -0.4 is 0 Å². The molecular formula is C12H13NOS2. The second-order valence-corrected chi connectivity index (χ2v) is 6.16. The van der Waals surface area contributed by atoms with E-state index >= 15 is 0 Å². The molecule has 1 aliphatic heterocycles. The average molecular weight is 251 g/mol. The molecule has 2 aromatic heterocycles. The summed E-state index contributed by atoms with van der Waals surface area (Å²) in [7, 11) is 0. The summed E-state index contributed by atoms with van der Waals surface area (Å²) in [6.07, 6.45) is 2.54. The molecule has 84 valence electrons. The number of hydrogen-bond donors (Lipinski definition) is 0. The SMILES string of the molecule is Cc1ccc(-c2csc(C3CCCO3)n2)s1. The van der Waals surface area contributed by atoms with E-state index < -0.39 is 0 Å². The number of thiazole rings is 1. The van der Waals surface area contributed by atoms with Crippen LogP contribution in [0.5, 0.6) is 0 Å². The number of aryl methyl sites for hydroxylation is 1. The first-order valence-corrected chi connectivity index (χ1v) is 7.16. The Morgan fingerprint density at radius 3 is 3.06 bits per heavy atom. The van der Waals surface area contributed by atoms with Gasteiger partial charge in [-0.2, -0.15) is 0 Å². The predicted molar refractivity (Wildman–Crippen MR) is 68.1 cm³/mol. The molecule has 16 heavy (non-hydrogen) atoms. The Morgan fingerprint density at radius 1 is 1.44 bits per heavy atom. The molecule has 0 aliphatic carbocycles. The molecule has 1 saturated heterocycles. The highest BCUT2D eigenvalue weighted by Crippen LogP contribution is 2.34. The molecule has 0 aromatic carbocycles. The van der Waals surface area contributed by atoms with Crippen LogP contribution >= 0.6 is 22.7 Å². The van der Waals surface area contributed by atoms with E-state index in [2.05, 4.69) is 29.4 Å². The summed E-state index contributed by atoms with van der Waals surface area (Å²) in [5.41, 5.74) is 1.11. The third-order valence-corrected chi connectivity index (χ3v) is 4.68. The molecule has 0 saturated carbocycles. The quantitative estimate of drug-likeness (QED) is 0.804. The number of nitrogens with zero attached hydrogens (tertiary/aromatic N) is 1. The molecule has 3 rings (SSSR count). The van der Waals surface area contributed by atoms with Crippen molar-refractivity contribution >= 4 is 22.7 Å². The highest BCUT2D eigenvalue weighted by Gasteiger charge is 2.21. The Bertz CT molecular complexity index is 483. The molecule has 1 aliphatic rings. The second-order valence-electron chi connectivity index (χ2n) is 3.98. The summed E-state index contributed by atoms with van der Waals surface area (Å²) < 4.78 is 5.64. The van der Waals surface area contributed by atoms with Crippen LogP contribution in [0, 0.1) is 6.92 Å². The molecule has 1 atom stereocenters. The number of ether oxygens (including phenoxy) is 1. The molecule has 3 heterocycles. The van der Waals surface area contributed by atoms with E-state index in [1.165, 1.54) is 9.75 Å². The van der Waals surface area contributed by atoms with Gasteiger partial charge in [-0.25, -0.2) is 4.98 Å². The van der Waals surface area contributed by atoms with Gasteiger partial charge in [0.15, 0.2) is 0 Å². The van der Waals surface area contributed by atoms with Crippen molar-refractivity contribution in [2.24, 2.45) is 0 Å². The fourth-order valence-electron chi connectivity index (χ4n) is 1.89. The Labute approximate surface area is 103 Å². The third kappa shape index (κ3) is 1.93. The molecule has 2 aromatic rings. The summed E-state index contributed by atoms with van der Waals surface area (Å²) in [5.74, 6) is 0.